The first kappa shape index (κ1) is 15.4. The minimum Gasteiger partial charge on any atom is -0.497 e. The molecule has 21 heavy (non-hydrogen) atoms. The van der Waals surface area contributed by atoms with Gasteiger partial charge in [-0.25, -0.2) is 0 Å². The number of nitrogens with one attached hydrogen (secondary N) is 1. The first-order chi connectivity index (χ1) is 10.1. The van der Waals surface area contributed by atoms with E-state index < -0.39 is 0 Å². The zero-order valence-corrected chi connectivity index (χ0v) is 12.9. The molecule has 0 fully saturated rings. The number of likely N-dealkylation sites (N-methyl/N-ethyl adjacent to an activating group) is 1. The van der Waals surface area contributed by atoms with E-state index in [9.17, 15) is 0 Å². The maximum Gasteiger partial charge on any atom is 0.188 e. The molecule has 1 aromatic carbocycles. The molecule has 7 nitrogen and oxygen atoms in total. The monoisotopic (exact) mass is 290 g/mol. The molecule has 7 heteroatoms. The van der Waals surface area contributed by atoms with Gasteiger partial charge in [0.1, 0.15) is 5.75 Å². The van der Waals surface area contributed by atoms with Crippen LogP contribution in [0.1, 0.15) is 17.4 Å². The maximum absolute atomic E-state index is 5.29. The van der Waals surface area contributed by atoms with Gasteiger partial charge in [-0.2, -0.15) is 4.80 Å². The van der Waals surface area contributed by atoms with Crippen molar-refractivity contribution in [1.82, 2.24) is 30.4 Å². The number of hydrogen-bond acceptors (Lipinski definition) is 6. The molecule has 0 aliphatic rings. The number of benzene rings is 1. The highest BCUT2D eigenvalue weighted by molar-refractivity contribution is 5.30. The SMILES string of the molecule is COc1cccc(C(CNCc2nnn(C)n2)N(C)C)c1. The van der Waals surface area contributed by atoms with Gasteiger partial charge in [0.05, 0.1) is 20.7 Å². The van der Waals surface area contributed by atoms with Gasteiger partial charge in [0.25, 0.3) is 0 Å². The Morgan fingerprint density at radius 1 is 1.38 bits per heavy atom. The standard InChI is InChI=1S/C14H22N6O/c1-19(2)13(11-6-5-7-12(8-11)21-4)9-15-10-14-16-18-20(3)17-14/h5-8,13,15H,9-10H2,1-4H3. The summed E-state index contributed by atoms with van der Waals surface area (Å²) in [7, 11) is 7.57. The van der Waals surface area contributed by atoms with Gasteiger partial charge in [0.2, 0.25) is 0 Å². The number of tetrazole rings is 1. The van der Waals surface area contributed by atoms with Crippen molar-refractivity contribution < 1.29 is 4.74 Å². The van der Waals surface area contributed by atoms with Crippen LogP contribution < -0.4 is 10.1 Å². The Bertz CT molecular complexity index is 568. The molecule has 114 valence electrons. The van der Waals surface area contributed by atoms with Crippen LogP contribution in [0, 0.1) is 0 Å². The van der Waals surface area contributed by atoms with E-state index in [1.165, 1.54) is 10.4 Å². The number of methoxy groups -OCH3 is 1. The van der Waals surface area contributed by atoms with Gasteiger partial charge >= 0.3 is 0 Å². The van der Waals surface area contributed by atoms with E-state index in [0.717, 1.165) is 12.3 Å². The summed E-state index contributed by atoms with van der Waals surface area (Å²) in [6.07, 6.45) is 0. The van der Waals surface area contributed by atoms with Crippen LogP contribution in [0.5, 0.6) is 5.75 Å². The smallest absolute Gasteiger partial charge is 0.188 e. The molecule has 0 saturated carbocycles. The lowest BCUT2D eigenvalue weighted by molar-refractivity contribution is 0.286. The number of nitrogens with zero attached hydrogens (tertiary/aromatic N) is 5. The zero-order chi connectivity index (χ0) is 15.2. The second-order valence-corrected chi connectivity index (χ2v) is 5.08. The number of rotatable bonds is 7. The quantitative estimate of drug-likeness (QED) is 0.806. The van der Waals surface area contributed by atoms with E-state index in [0.29, 0.717) is 12.4 Å². The topological polar surface area (TPSA) is 68.1 Å². The molecular weight excluding hydrogens is 268 g/mol. The van der Waals surface area contributed by atoms with Crippen LogP contribution in [0.3, 0.4) is 0 Å². The van der Waals surface area contributed by atoms with E-state index >= 15 is 0 Å². The molecule has 0 aliphatic heterocycles. The van der Waals surface area contributed by atoms with Crippen molar-refractivity contribution >= 4 is 0 Å². The second kappa shape index (κ2) is 7.14. The molecule has 1 aromatic heterocycles. The summed E-state index contributed by atoms with van der Waals surface area (Å²) in [6, 6.07) is 8.38. The predicted molar refractivity (Wildman–Crippen MR) is 79.9 cm³/mol. The Balaban J connectivity index is 1.98. The van der Waals surface area contributed by atoms with Gasteiger partial charge in [-0.15, -0.1) is 10.2 Å². The van der Waals surface area contributed by atoms with Crippen molar-refractivity contribution in [3.05, 3.63) is 35.7 Å². The van der Waals surface area contributed by atoms with E-state index in [1.807, 2.05) is 12.1 Å². The summed E-state index contributed by atoms with van der Waals surface area (Å²) in [5.74, 6) is 1.57. The number of aromatic nitrogens is 4. The van der Waals surface area contributed by atoms with Crippen molar-refractivity contribution in [3.8, 4) is 5.75 Å². The second-order valence-electron chi connectivity index (χ2n) is 5.08. The Morgan fingerprint density at radius 2 is 2.19 bits per heavy atom. The van der Waals surface area contributed by atoms with Gasteiger partial charge < -0.3 is 15.0 Å². The van der Waals surface area contributed by atoms with Gasteiger partial charge in [0.15, 0.2) is 5.82 Å². The van der Waals surface area contributed by atoms with Crippen LogP contribution in [0.25, 0.3) is 0 Å². The summed E-state index contributed by atoms with van der Waals surface area (Å²) < 4.78 is 5.29. The lowest BCUT2D eigenvalue weighted by Crippen LogP contribution is -2.31. The number of ether oxygens (including phenoxy) is 1. The normalized spacial score (nSPS) is 12.6. The van der Waals surface area contributed by atoms with E-state index in [4.69, 9.17) is 4.74 Å². The van der Waals surface area contributed by atoms with Crippen molar-refractivity contribution in [2.45, 2.75) is 12.6 Å². The minimum absolute atomic E-state index is 0.247. The highest BCUT2D eigenvalue weighted by atomic mass is 16.5. The van der Waals surface area contributed by atoms with E-state index in [2.05, 4.69) is 51.9 Å². The van der Waals surface area contributed by atoms with Crippen LogP contribution in [0.2, 0.25) is 0 Å². The molecule has 2 aromatic rings. The summed E-state index contributed by atoms with van der Waals surface area (Å²) in [4.78, 5) is 3.63. The molecule has 1 heterocycles. The van der Waals surface area contributed by atoms with Gasteiger partial charge in [-0.1, -0.05) is 12.1 Å². The third-order valence-electron chi connectivity index (χ3n) is 3.27. The molecule has 1 unspecified atom stereocenters. The molecule has 2 rings (SSSR count). The van der Waals surface area contributed by atoms with Crippen molar-refractivity contribution in [2.75, 3.05) is 27.7 Å². The fraction of sp³-hybridized carbons (Fsp3) is 0.500. The molecular formula is C14H22N6O. The fourth-order valence-corrected chi connectivity index (χ4v) is 2.16. The summed E-state index contributed by atoms with van der Waals surface area (Å²) >= 11 is 0. The highest BCUT2D eigenvalue weighted by Crippen LogP contribution is 2.22. The van der Waals surface area contributed by atoms with Crippen LogP contribution in [0.15, 0.2) is 24.3 Å². The van der Waals surface area contributed by atoms with E-state index in [-0.39, 0.29) is 6.04 Å². The molecule has 0 saturated heterocycles. The Morgan fingerprint density at radius 3 is 2.81 bits per heavy atom. The first-order valence-corrected chi connectivity index (χ1v) is 6.84. The largest absolute Gasteiger partial charge is 0.497 e. The number of hydrogen-bond donors (Lipinski definition) is 1. The Hall–Kier alpha value is -1.99. The van der Waals surface area contributed by atoms with Gasteiger partial charge in [-0.3, -0.25) is 0 Å². The van der Waals surface area contributed by atoms with E-state index in [1.54, 1.807) is 14.2 Å². The van der Waals surface area contributed by atoms with Crippen molar-refractivity contribution in [2.24, 2.45) is 7.05 Å². The van der Waals surface area contributed by atoms with Crippen LogP contribution in [-0.2, 0) is 13.6 Å². The lowest BCUT2D eigenvalue weighted by atomic mass is 10.1. The maximum atomic E-state index is 5.29. The zero-order valence-electron chi connectivity index (χ0n) is 12.9. The van der Waals surface area contributed by atoms with Gasteiger partial charge in [0, 0.05) is 12.6 Å². The van der Waals surface area contributed by atoms with Crippen molar-refractivity contribution in [3.63, 3.8) is 0 Å². The summed E-state index contributed by atoms with van der Waals surface area (Å²) in [5.41, 5.74) is 1.21. The van der Waals surface area contributed by atoms with Gasteiger partial charge in [-0.05, 0) is 37.0 Å². The summed E-state index contributed by atoms with van der Waals surface area (Å²) in [5, 5.41) is 15.3. The third-order valence-corrected chi connectivity index (χ3v) is 3.27. The third kappa shape index (κ3) is 4.24. The van der Waals surface area contributed by atoms with Crippen molar-refractivity contribution in [1.29, 1.82) is 0 Å². The minimum atomic E-state index is 0.247. The molecule has 1 N–H and O–H groups in total. The fourth-order valence-electron chi connectivity index (χ4n) is 2.16. The Labute approximate surface area is 124 Å². The average molecular weight is 290 g/mol. The first-order valence-electron chi connectivity index (χ1n) is 6.84. The van der Waals surface area contributed by atoms with Crippen LogP contribution >= 0.6 is 0 Å². The molecule has 1 atom stereocenters. The Kier molecular flexibility index (Phi) is 5.24. The summed E-state index contributed by atoms with van der Waals surface area (Å²) in [6.45, 7) is 1.39. The lowest BCUT2D eigenvalue weighted by Gasteiger charge is -2.25. The molecule has 0 amide bonds. The molecule has 0 spiro atoms. The van der Waals surface area contributed by atoms with Crippen LogP contribution in [0.4, 0.5) is 0 Å². The molecule has 0 radical (unpaired) electrons. The molecule has 0 aliphatic carbocycles. The average Bonchev–Trinajstić information content (AvgIpc) is 2.89. The highest BCUT2D eigenvalue weighted by Gasteiger charge is 2.14. The number of aryl methyl sites for hydroxylation is 1. The predicted octanol–water partition coefficient (Wildman–Crippen LogP) is 0.611. The van der Waals surface area contributed by atoms with Crippen LogP contribution in [-0.4, -0.2) is 52.9 Å². The molecule has 0 bridgehead atoms.